The molecule has 9 heteroatoms. The molecule has 0 unspecified atom stereocenters. The minimum atomic E-state index is -3.76. The molecule has 1 aliphatic rings. The number of carbonyl (C=O) groups excluding carboxylic acids is 1. The second-order valence-corrected chi connectivity index (χ2v) is 10.4. The lowest BCUT2D eigenvalue weighted by molar-refractivity contribution is -0.127. The fourth-order valence-electron chi connectivity index (χ4n) is 4.29. The molecule has 1 atom stereocenters. The Kier molecular flexibility index (Phi) is 6.47. The number of hydrogen-bond acceptors (Lipinski definition) is 5. The number of imidazole rings is 1. The van der Waals surface area contributed by atoms with Gasteiger partial charge in [-0.2, -0.15) is 0 Å². The summed E-state index contributed by atoms with van der Waals surface area (Å²) in [5, 5.41) is 2.92. The average molecular weight is 503 g/mol. The predicted octanol–water partition coefficient (Wildman–Crippen LogP) is 3.59. The van der Waals surface area contributed by atoms with Gasteiger partial charge in [-0.1, -0.05) is 60.7 Å². The largest absolute Gasteiger partial charge is 0.476 e. The number of aromatic nitrogens is 2. The Bertz CT molecular complexity index is 1480. The van der Waals surface area contributed by atoms with Crippen LogP contribution in [0.25, 0.3) is 5.69 Å². The highest BCUT2D eigenvalue weighted by atomic mass is 32.2. The van der Waals surface area contributed by atoms with E-state index in [1.807, 2.05) is 48.0 Å². The Morgan fingerprint density at radius 1 is 1.00 bits per heavy atom. The standard InChI is InChI=1S/C27H26N4O4S/c1-20-28-15-16-30(20)23-12-6-5-11-22(23)17-29-27(32)26-18-31(24-13-7-8-14-25(24)35-26)36(33,34)19-21-9-3-2-4-10-21/h2-16,26H,17-19H2,1H3,(H,29,32)/t26-/m0/s1. The number of amides is 1. The van der Waals surface area contributed by atoms with Crippen molar-refractivity contribution in [3.05, 3.63) is 108 Å². The Labute approximate surface area is 210 Å². The van der Waals surface area contributed by atoms with Crippen LogP contribution < -0.4 is 14.4 Å². The molecular weight excluding hydrogens is 476 g/mol. The van der Waals surface area contributed by atoms with Crippen LogP contribution in [-0.4, -0.2) is 36.5 Å². The van der Waals surface area contributed by atoms with Gasteiger partial charge in [0, 0.05) is 18.9 Å². The zero-order valence-electron chi connectivity index (χ0n) is 19.7. The van der Waals surface area contributed by atoms with Crippen LogP contribution in [0.1, 0.15) is 17.0 Å². The SMILES string of the molecule is Cc1nccn1-c1ccccc1CNC(=O)[C@@H]1CN(S(=O)(=O)Cc2ccccc2)c2ccccc2O1. The van der Waals surface area contributed by atoms with Crippen LogP contribution in [0.5, 0.6) is 5.75 Å². The number of ether oxygens (including phenoxy) is 1. The number of para-hydroxylation sites is 3. The maximum absolute atomic E-state index is 13.4. The van der Waals surface area contributed by atoms with Gasteiger partial charge in [-0.15, -0.1) is 0 Å². The van der Waals surface area contributed by atoms with Crippen LogP contribution in [0.2, 0.25) is 0 Å². The Morgan fingerprint density at radius 3 is 2.44 bits per heavy atom. The van der Waals surface area contributed by atoms with E-state index < -0.39 is 16.1 Å². The molecule has 0 saturated heterocycles. The van der Waals surface area contributed by atoms with Gasteiger partial charge >= 0.3 is 0 Å². The Balaban J connectivity index is 1.36. The fraction of sp³-hybridized carbons (Fsp3) is 0.185. The van der Waals surface area contributed by atoms with Gasteiger partial charge in [0.15, 0.2) is 6.10 Å². The molecule has 2 heterocycles. The number of carbonyl (C=O) groups is 1. The summed E-state index contributed by atoms with van der Waals surface area (Å²) in [6, 6.07) is 23.6. The minimum Gasteiger partial charge on any atom is -0.476 e. The number of rotatable bonds is 7. The number of nitrogens with one attached hydrogen (secondary N) is 1. The molecule has 8 nitrogen and oxygen atoms in total. The lowest BCUT2D eigenvalue weighted by atomic mass is 10.1. The molecule has 1 aliphatic heterocycles. The van der Waals surface area contributed by atoms with Crippen molar-refractivity contribution < 1.29 is 17.9 Å². The minimum absolute atomic E-state index is 0.111. The summed E-state index contributed by atoms with van der Waals surface area (Å²) in [5.41, 5.74) is 2.92. The number of anilines is 1. The van der Waals surface area contributed by atoms with E-state index in [0.29, 0.717) is 17.0 Å². The van der Waals surface area contributed by atoms with Gasteiger partial charge in [0.2, 0.25) is 10.0 Å². The van der Waals surface area contributed by atoms with E-state index in [9.17, 15) is 13.2 Å². The van der Waals surface area contributed by atoms with Crippen molar-refractivity contribution in [3.8, 4) is 11.4 Å². The van der Waals surface area contributed by atoms with Crippen LogP contribution >= 0.6 is 0 Å². The first kappa shape index (κ1) is 23.6. The van der Waals surface area contributed by atoms with Crippen molar-refractivity contribution >= 4 is 21.6 Å². The first-order chi connectivity index (χ1) is 17.4. The van der Waals surface area contributed by atoms with Gasteiger partial charge in [-0.25, -0.2) is 13.4 Å². The highest BCUT2D eigenvalue weighted by Crippen LogP contribution is 2.35. The van der Waals surface area contributed by atoms with Gasteiger partial charge < -0.3 is 14.6 Å². The van der Waals surface area contributed by atoms with E-state index in [1.165, 1.54) is 4.31 Å². The first-order valence-electron chi connectivity index (χ1n) is 11.6. The molecule has 184 valence electrons. The number of aryl methyl sites for hydroxylation is 1. The topological polar surface area (TPSA) is 93.5 Å². The highest BCUT2D eigenvalue weighted by molar-refractivity contribution is 7.92. The number of benzene rings is 3. The number of nitrogens with zero attached hydrogens (tertiary/aromatic N) is 3. The molecule has 1 aromatic heterocycles. The van der Waals surface area contributed by atoms with E-state index in [-0.39, 0.29) is 24.7 Å². The lowest BCUT2D eigenvalue weighted by Gasteiger charge is -2.34. The third kappa shape index (κ3) is 4.83. The Hall–Kier alpha value is -4.11. The van der Waals surface area contributed by atoms with Crippen LogP contribution in [0.3, 0.4) is 0 Å². The van der Waals surface area contributed by atoms with E-state index in [1.54, 1.807) is 54.7 Å². The van der Waals surface area contributed by atoms with E-state index in [2.05, 4.69) is 10.3 Å². The van der Waals surface area contributed by atoms with Crippen LogP contribution in [0.15, 0.2) is 91.3 Å². The van der Waals surface area contributed by atoms with Gasteiger partial charge in [0.05, 0.1) is 23.7 Å². The summed E-state index contributed by atoms with van der Waals surface area (Å²) >= 11 is 0. The molecule has 1 amide bonds. The monoisotopic (exact) mass is 502 g/mol. The number of sulfonamides is 1. The smallest absolute Gasteiger partial charge is 0.263 e. The maximum atomic E-state index is 13.4. The van der Waals surface area contributed by atoms with E-state index >= 15 is 0 Å². The van der Waals surface area contributed by atoms with Gasteiger partial charge in [0.25, 0.3) is 5.91 Å². The van der Waals surface area contributed by atoms with Gasteiger partial charge in [-0.05, 0) is 36.2 Å². The first-order valence-corrected chi connectivity index (χ1v) is 13.2. The lowest BCUT2D eigenvalue weighted by Crippen LogP contribution is -2.50. The summed E-state index contributed by atoms with van der Waals surface area (Å²) in [6.07, 6.45) is 2.60. The Morgan fingerprint density at radius 2 is 1.69 bits per heavy atom. The third-order valence-corrected chi connectivity index (χ3v) is 7.80. The van der Waals surface area contributed by atoms with E-state index in [4.69, 9.17) is 4.74 Å². The third-order valence-electron chi connectivity index (χ3n) is 6.08. The molecule has 0 radical (unpaired) electrons. The molecule has 0 bridgehead atoms. The van der Waals surface area contributed by atoms with Crippen molar-refractivity contribution in [2.75, 3.05) is 10.8 Å². The molecule has 0 saturated carbocycles. The average Bonchev–Trinajstić information content (AvgIpc) is 3.32. The predicted molar refractivity (Wildman–Crippen MR) is 137 cm³/mol. The number of hydrogen-bond donors (Lipinski definition) is 1. The van der Waals surface area contributed by atoms with Crippen LogP contribution in [-0.2, 0) is 27.1 Å². The molecule has 0 aliphatic carbocycles. The zero-order valence-corrected chi connectivity index (χ0v) is 20.6. The van der Waals surface area contributed by atoms with Crippen molar-refractivity contribution in [3.63, 3.8) is 0 Å². The second-order valence-electron chi connectivity index (χ2n) is 8.54. The summed E-state index contributed by atoms with van der Waals surface area (Å²) < 4.78 is 36.0. The highest BCUT2D eigenvalue weighted by Gasteiger charge is 2.36. The summed E-state index contributed by atoms with van der Waals surface area (Å²) in [6.45, 7) is 2.05. The summed E-state index contributed by atoms with van der Waals surface area (Å²) in [4.78, 5) is 17.5. The van der Waals surface area contributed by atoms with E-state index in [0.717, 1.165) is 17.1 Å². The van der Waals surface area contributed by atoms with Gasteiger partial charge in [0.1, 0.15) is 11.6 Å². The summed E-state index contributed by atoms with van der Waals surface area (Å²) in [5.74, 6) is 0.630. The van der Waals surface area contributed by atoms with Crippen molar-refractivity contribution in [1.29, 1.82) is 0 Å². The molecule has 1 N–H and O–H groups in total. The van der Waals surface area contributed by atoms with Gasteiger partial charge in [-0.3, -0.25) is 9.10 Å². The van der Waals surface area contributed by atoms with Crippen molar-refractivity contribution in [1.82, 2.24) is 14.9 Å². The van der Waals surface area contributed by atoms with Crippen LogP contribution in [0, 0.1) is 6.92 Å². The zero-order chi connectivity index (χ0) is 25.1. The molecule has 4 aromatic rings. The molecule has 5 rings (SSSR count). The van der Waals surface area contributed by atoms with Crippen molar-refractivity contribution in [2.45, 2.75) is 25.3 Å². The molecule has 36 heavy (non-hydrogen) atoms. The quantitative estimate of drug-likeness (QED) is 0.417. The summed E-state index contributed by atoms with van der Waals surface area (Å²) in [7, 11) is -3.76. The maximum Gasteiger partial charge on any atom is 0.263 e. The van der Waals surface area contributed by atoms with Crippen molar-refractivity contribution in [2.24, 2.45) is 0 Å². The molecule has 0 fully saturated rings. The van der Waals surface area contributed by atoms with Crippen LogP contribution in [0.4, 0.5) is 5.69 Å². The number of fused-ring (bicyclic) bond motifs is 1. The molecule has 3 aromatic carbocycles. The normalized spacial score (nSPS) is 15.1. The molecular formula is C27H26N4O4S. The second kappa shape index (κ2) is 9.87. The fourth-order valence-corrected chi connectivity index (χ4v) is 5.87. The molecule has 0 spiro atoms.